The fraction of sp³-hybridized carbons (Fsp3) is 0.161. The molecule has 0 atom stereocenters. The molecular formula is C62H54N2. The van der Waals surface area contributed by atoms with Crippen molar-refractivity contribution in [3.63, 3.8) is 0 Å². The standard InChI is InChI=1S/C62H54N2/c1-62(2,3)46-41-39-44(40-42-46)48-27-10-14-34-55(48)64(56-35-15-11-28-50(56)52-32-19-24-45-23-18-31-49(60(45)52)43-21-6-4-7-22-43)57-36-16-12-29-51(57)53-33-20-38-59-61(53)54-30-13-17-37-58(54)63(59)47-25-8-5-9-26-47/h5,8-20,23-43H,4,6-7,21-22H2,1-3H3. The van der Waals surface area contributed by atoms with Gasteiger partial charge in [0.1, 0.15) is 0 Å². The largest absolute Gasteiger partial charge is 0.309 e. The Morgan fingerprint density at radius 2 is 0.938 bits per heavy atom. The van der Waals surface area contributed by atoms with Gasteiger partial charge in [-0.05, 0) is 105 Å². The van der Waals surface area contributed by atoms with E-state index >= 15 is 0 Å². The van der Waals surface area contributed by atoms with Crippen molar-refractivity contribution in [2.24, 2.45) is 0 Å². The van der Waals surface area contributed by atoms with Crippen molar-refractivity contribution in [2.45, 2.75) is 64.2 Å². The van der Waals surface area contributed by atoms with E-state index in [0.717, 1.165) is 22.7 Å². The van der Waals surface area contributed by atoms with E-state index in [0.29, 0.717) is 5.92 Å². The van der Waals surface area contributed by atoms with Crippen LogP contribution in [0.4, 0.5) is 17.1 Å². The van der Waals surface area contributed by atoms with Crippen LogP contribution in [0.1, 0.15) is 69.9 Å². The van der Waals surface area contributed by atoms with Crippen LogP contribution in [0.25, 0.3) is 71.6 Å². The minimum atomic E-state index is 0.0571. The van der Waals surface area contributed by atoms with Gasteiger partial charge >= 0.3 is 0 Å². The van der Waals surface area contributed by atoms with Crippen LogP contribution < -0.4 is 4.90 Å². The number of hydrogen-bond acceptors (Lipinski definition) is 1. The van der Waals surface area contributed by atoms with E-state index in [1.54, 1.807) is 0 Å². The van der Waals surface area contributed by atoms with Crippen LogP contribution in [0.15, 0.2) is 206 Å². The second-order valence-electron chi connectivity index (χ2n) is 18.7. The zero-order chi connectivity index (χ0) is 43.2. The molecule has 312 valence electrons. The first kappa shape index (κ1) is 39.7. The van der Waals surface area contributed by atoms with Crippen molar-refractivity contribution in [1.82, 2.24) is 4.57 Å². The molecule has 1 aliphatic carbocycles. The third-order valence-electron chi connectivity index (χ3n) is 13.8. The fourth-order valence-electron chi connectivity index (χ4n) is 10.7. The molecule has 1 heterocycles. The second kappa shape index (κ2) is 16.5. The Morgan fingerprint density at radius 1 is 0.422 bits per heavy atom. The molecule has 9 aromatic carbocycles. The summed E-state index contributed by atoms with van der Waals surface area (Å²) in [5, 5.41) is 5.19. The van der Waals surface area contributed by atoms with Crippen LogP contribution in [0.3, 0.4) is 0 Å². The second-order valence-corrected chi connectivity index (χ2v) is 18.7. The summed E-state index contributed by atoms with van der Waals surface area (Å²) in [6, 6.07) is 76.9. The topological polar surface area (TPSA) is 8.17 Å². The van der Waals surface area contributed by atoms with Crippen LogP contribution in [-0.4, -0.2) is 4.57 Å². The number of aromatic nitrogens is 1. The normalized spacial score (nSPS) is 13.5. The highest BCUT2D eigenvalue weighted by atomic mass is 15.2. The van der Waals surface area contributed by atoms with Gasteiger partial charge in [0, 0.05) is 33.2 Å². The Kier molecular flexibility index (Phi) is 10.2. The maximum atomic E-state index is 2.56. The molecular weight excluding hydrogens is 773 g/mol. The van der Waals surface area contributed by atoms with Gasteiger partial charge in [-0.3, -0.25) is 0 Å². The van der Waals surface area contributed by atoms with Crippen molar-refractivity contribution < 1.29 is 0 Å². The molecule has 64 heavy (non-hydrogen) atoms. The minimum Gasteiger partial charge on any atom is -0.309 e. The van der Waals surface area contributed by atoms with E-state index in [1.807, 2.05) is 0 Å². The summed E-state index contributed by atoms with van der Waals surface area (Å²) < 4.78 is 2.42. The average Bonchev–Trinajstić information content (AvgIpc) is 3.69. The summed E-state index contributed by atoms with van der Waals surface area (Å²) >= 11 is 0. The molecule has 0 aliphatic heterocycles. The molecule has 0 amide bonds. The van der Waals surface area contributed by atoms with E-state index in [1.165, 1.54) is 109 Å². The predicted octanol–water partition coefficient (Wildman–Crippen LogP) is 17.8. The molecule has 1 aliphatic rings. The number of para-hydroxylation sites is 5. The Morgan fingerprint density at radius 3 is 1.61 bits per heavy atom. The lowest BCUT2D eigenvalue weighted by Gasteiger charge is -2.32. The summed E-state index contributed by atoms with van der Waals surface area (Å²) in [6.07, 6.45) is 6.44. The van der Waals surface area contributed by atoms with Crippen LogP contribution in [0.2, 0.25) is 0 Å². The molecule has 2 heteroatoms. The average molecular weight is 827 g/mol. The molecule has 10 aromatic rings. The smallest absolute Gasteiger partial charge is 0.0547 e. The summed E-state index contributed by atoms with van der Waals surface area (Å²) in [5.41, 5.74) is 17.1. The highest BCUT2D eigenvalue weighted by molar-refractivity contribution is 6.17. The number of nitrogens with zero attached hydrogens (tertiary/aromatic N) is 2. The van der Waals surface area contributed by atoms with E-state index in [2.05, 4.69) is 236 Å². The molecule has 2 nitrogen and oxygen atoms in total. The zero-order valence-electron chi connectivity index (χ0n) is 37.1. The van der Waals surface area contributed by atoms with Crippen LogP contribution >= 0.6 is 0 Å². The highest BCUT2D eigenvalue weighted by Gasteiger charge is 2.27. The van der Waals surface area contributed by atoms with Crippen LogP contribution in [0.5, 0.6) is 0 Å². The van der Waals surface area contributed by atoms with Gasteiger partial charge < -0.3 is 9.47 Å². The summed E-state index contributed by atoms with van der Waals surface area (Å²) in [5.74, 6) is 0.567. The number of benzene rings is 9. The molecule has 11 rings (SSSR count). The van der Waals surface area contributed by atoms with Crippen molar-refractivity contribution in [3.05, 3.63) is 217 Å². The van der Waals surface area contributed by atoms with Gasteiger partial charge in [0.2, 0.25) is 0 Å². The number of anilines is 3. The van der Waals surface area contributed by atoms with Crippen molar-refractivity contribution >= 4 is 49.6 Å². The van der Waals surface area contributed by atoms with Crippen molar-refractivity contribution in [1.29, 1.82) is 0 Å². The van der Waals surface area contributed by atoms with Gasteiger partial charge in [-0.25, -0.2) is 0 Å². The molecule has 0 bridgehead atoms. The first-order chi connectivity index (χ1) is 31.4. The van der Waals surface area contributed by atoms with Gasteiger partial charge in [-0.15, -0.1) is 0 Å². The van der Waals surface area contributed by atoms with Gasteiger partial charge in [0.05, 0.1) is 28.1 Å². The first-order valence-electron chi connectivity index (χ1n) is 23.2. The number of hydrogen-bond donors (Lipinski definition) is 0. The number of fused-ring (bicyclic) bond motifs is 4. The van der Waals surface area contributed by atoms with E-state index < -0.39 is 0 Å². The fourth-order valence-corrected chi connectivity index (χ4v) is 10.7. The van der Waals surface area contributed by atoms with Crippen molar-refractivity contribution in [2.75, 3.05) is 4.90 Å². The Hall–Kier alpha value is -7.16. The lowest BCUT2D eigenvalue weighted by atomic mass is 9.80. The maximum absolute atomic E-state index is 2.56. The molecule has 0 N–H and O–H groups in total. The lowest BCUT2D eigenvalue weighted by molar-refractivity contribution is 0.445. The Bertz CT molecular complexity index is 3280. The van der Waals surface area contributed by atoms with Crippen LogP contribution in [-0.2, 0) is 5.41 Å². The van der Waals surface area contributed by atoms with E-state index in [4.69, 9.17) is 0 Å². The van der Waals surface area contributed by atoms with Gasteiger partial charge in [-0.1, -0.05) is 204 Å². The predicted molar refractivity (Wildman–Crippen MR) is 274 cm³/mol. The quantitative estimate of drug-likeness (QED) is 0.148. The van der Waals surface area contributed by atoms with Gasteiger partial charge in [0.15, 0.2) is 0 Å². The highest BCUT2D eigenvalue weighted by Crippen LogP contribution is 2.51. The summed E-state index contributed by atoms with van der Waals surface area (Å²) in [4.78, 5) is 2.56. The van der Waals surface area contributed by atoms with Crippen molar-refractivity contribution in [3.8, 4) is 39.1 Å². The monoisotopic (exact) mass is 826 g/mol. The Balaban J connectivity index is 1.20. The summed E-state index contributed by atoms with van der Waals surface area (Å²) in [6.45, 7) is 6.86. The minimum absolute atomic E-state index is 0.0571. The molecule has 0 saturated heterocycles. The lowest BCUT2D eigenvalue weighted by Crippen LogP contribution is -2.14. The molecule has 0 unspecified atom stereocenters. The third kappa shape index (κ3) is 6.99. The van der Waals surface area contributed by atoms with E-state index in [9.17, 15) is 0 Å². The summed E-state index contributed by atoms with van der Waals surface area (Å²) in [7, 11) is 0. The zero-order valence-corrected chi connectivity index (χ0v) is 37.1. The molecule has 0 radical (unpaired) electrons. The number of rotatable bonds is 8. The molecule has 0 spiro atoms. The van der Waals surface area contributed by atoms with E-state index in [-0.39, 0.29) is 5.41 Å². The SMILES string of the molecule is CC(C)(C)c1ccc(-c2ccccc2N(c2ccccc2-c2cccc3cccc(C4CCCCC4)c23)c2ccccc2-c2cccc3c2c2ccccc2n3-c2ccccc2)cc1. The molecule has 1 aromatic heterocycles. The molecule has 1 saturated carbocycles. The van der Waals surface area contributed by atoms with Gasteiger partial charge in [0.25, 0.3) is 0 Å². The Labute approximate surface area is 378 Å². The molecule has 1 fully saturated rings. The first-order valence-corrected chi connectivity index (χ1v) is 23.2. The maximum Gasteiger partial charge on any atom is 0.0547 e. The van der Waals surface area contributed by atoms with Gasteiger partial charge in [-0.2, -0.15) is 0 Å². The third-order valence-corrected chi connectivity index (χ3v) is 13.8. The van der Waals surface area contributed by atoms with Crippen LogP contribution in [0, 0.1) is 0 Å².